The Balaban J connectivity index is 2.36. The predicted octanol–water partition coefficient (Wildman–Crippen LogP) is 0.796. The molecule has 1 amide bonds. The molecule has 0 bridgehead atoms. The third-order valence-electron chi connectivity index (χ3n) is 2.17. The minimum atomic E-state index is -3.78. The van der Waals surface area contributed by atoms with E-state index in [1.165, 1.54) is 23.5 Å². The number of hydrogen-bond donors (Lipinski definition) is 2. The first-order chi connectivity index (χ1) is 8.90. The number of carbonyl (C=O) groups excluding carboxylic acids is 1. The van der Waals surface area contributed by atoms with Crippen LogP contribution in [0.5, 0.6) is 0 Å². The Labute approximate surface area is 112 Å². The van der Waals surface area contributed by atoms with Gasteiger partial charge in [-0.1, -0.05) is 11.3 Å². The summed E-state index contributed by atoms with van der Waals surface area (Å²) in [5.41, 5.74) is 0.420. The number of hydrogen-bond acceptors (Lipinski definition) is 6. The maximum atomic E-state index is 11.2. The van der Waals surface area contributed by atoms with Gasteiger partial charge in [0.1, 0.15) is 6.42 Å². The van der Waals surface area contributed by atoms with E-state index in [0.29, 0.717) is 15.3 Å². The Bertz CT molecular complexity index is 789. The Morgan fingerprint density at radius 1 is 1.53 bits per heavy atom. The summed E-state index contributed by atoms with van der Waals surface area (Å²) < 4.78 is 23.1. The second-order valence-corrected chi connectivity index (χ2v) is 6.17. The number of nitrogens with zero attached hydrogens (tertiary/aromatic N) is 2. The fourth-order valence-corrected chi connectivity index (χ4v) is 2.77. The zero-order valence-corrected chi connectivity index (χ0v) is 11.1. The van der Waals surface area contributed by atoms with Crippen molar-refractivity contribution in [1.29, 1.82) is 5.26 Å². The average molecular weight is 296 g/mol. The van der Waals surface area contributed by atoms with Crippen molar-refractivity contribution in [2.24, 2.45) is 5.14 Å². The summed E-state index contributed by atoms with van der Waals surface area (Å²) in [5.74, 6) is -0.465. The zero-order chi connectivity index (χ0) is 14.0. The van der Waals surface area contributed by atoms with Crippen molar-refractivity contribution in [2.45, 2.75) is 11.3 Å². The number of primary sulfonamides is 1. The summed E-state index contributed by atoms with van der Waals surface area (Å²) in [4.78, 5) is 15.3. The van der Waals surface area contributed by atoms with E-state index < -0.39 is 15.9 Å². The molecule has 0 atom stereocenters. The van der Waals surface area contributed by atoms with E-state index in [2.05, 4.69) is 10.3 Å². The molecule has 3 N–H and O–H groups in total. The molecule has 19 heavy (non-hydrogen) atoms. The van der Waals surface area contributed by atoms with E-state index in [4.69, 9.17) is 10.4 Å². The molecule has 0 radical (unpaired) electrons. The molecule has 7 nitrogen and oxygen atoms in total. The van der Waals surface area contributed by atoms with Gasteiger partial charge in [-0.25, -0.2) is 18.5 Å². The summed E-state index contributed by atoms with van der Waals surface area (Å²) in [6.45, 7) is 0. The quantitative estimate of drug-likeness (QED) is 0.866. The molecule has 2 aromatic rings. The van der Waals surface area contributed by atoms with Crippen LogP contribution < -0.4 is 10.5 Å². The number of thiazole rings is 1. The lowest BCUT2D eigenvalue weighted by atomic mass is 10.3. The van der Waals surface area contributed by atoms with E-state index in [1.54, 1.807) is 12.1 Å². The van der Waals surface area contributed by atoms with Gasteiger partial charge in [0.15, 0.2) is 5.13 Å². The number of sulfonamides is 1. The number of amides is 1. The van der Waals surface area contributed by atoms with Crippen LogP contribution in [-0.4, -0.2) is 19.3 Å². The monoisotopic (exact) mass is 296 g/mol. The molecular formula is C10H8N4O3S2. The summed E-state index contributed by atoms with van der Waals surface area (Å²) in [6.07, 6.45) is -0.266. The average Bonchev–Trinajstić information content (AvgIpc) is 2.68. The molecule has 0 saturated heterocycles. The van der Waals surface area contributed by atoms with Crippen LogP contribution in [0.25, 0.3) is 10.2 Å². The van der Waals surface area contributed by atoms with Crippen molar-refractivity contribution in [3.8, 4) is 6.07 Å². The molecular weight excluding hydrogens is 288 g/mol. The lowest BCUT2D eigenvalue weighted by Gasteiger charge is -1.96. The van der Waals surface area contributed by atoms with Gasteiger partial charge in [-0.3, -0.25) is 4.79 Å². The van der Waals surface area contributed by atoms with Crippen LogP contribution >= 0.6 is 11.3 Å². The summed E-state index contributed by atoms with van der Waals surface area (Å²) >= 11 is 1.18. The Morgan fingerprint density at radius 3 is 2.89 bits per heavy atom. The minimum absolute atomic E-state index is 0.0415. The van der Waals surface area contributed by atoms with Gasteiger partial charge in [0.25, 0.3) is 0 Å². The van der Waals surface area contributed by atoms with Gasteiger partial charge in [0, 0.05) is 0 Å². The maximum absolute atomic E-state index is 11.2. The zero-order valence-electron chi connectivity index (χ0n) is 9.45. The van der Waals surface area contributed by atoms with Crippen LogP contribution in [0.1, 0.15) is 6.42 Å². The lowest BCUT2D eigenvalue weighted by molar-refractivity contribution is -0.115. The SMILES string of the molecule is N#CCC(=O)Nc1nc2cc(S(N)(=O)=O)ccc2s1. The molecule has 1 aromatic carbocycles. The topological polar surface area (TPSA) is 126 Å². The van der Waals surface area contributed by atoms with Crippen molar-refractivity contribution in [1.82, 2.24) is 4.98 Å². The molecule has 1 heterocycles. The fourth-order valence-electron chi connectivity index (χ4n) is 1.37. The van der Waals surface area contributed by atoms with Crippen molar-refractivity contribution in [3.05, 3.63) is 18.2 Å². The van der Waals surface area contributed by atoms with E-state index in [1.807, 2.05) is 0 Å². The number of rotatable bonds is 3. The van der Waals surface area contributed by atoms with Crippen LogP contribution in [0.15, 0.2) is 23.1 Å². The summed E-state index contributed by atoms with van der Waals surface area (Å²) in [7, 11) is -3.78. The van der Waals surface area contributed by atoms with E-state index >= 15 is 0 Å². The summed E-state index contributed by atoms with van der Waals surface area (Å²) in [6, 6.07) is 5.99. The molecule has 0 aliphatic heterocycles. The second kappa shape index (κ2) is 4.93. The molecule has 0 aliphatic rings. The van der Waals surface area contributed by atoms with Crippen LogP contribution in [0, 0.1) is 11.3 Å². The van der Waals surface area contributed by atoms with Crippen molar-refractivity contribution in [2.75, 3.05) is 5.32 Å². The van der Waals surface area contributed by atoms with Gasteiger partial charge in [-0.05, 0) is 18.2 Å². The second-order valence-electron chi connectivity index (χ2n) is 3.58. The Hall–Kier alpha value is -2.02. The first kappa shape index (κ1) is 13.4. The van der Waals surface area contributed by atoms with E-state index in [9.17, 15) is 13.2 Å². The van der Waals surface area contributed by atoms with Crippen LogP contribution in [0.4, 0.5) is 5.13 Å². The highest BCUT2D eigenvalue weighted by atomic mass is 32.2. The van der Waals surface area contributed by atoms with Gasteiger partial charge in [0.05, 0.1) is 21.2 Å². The van der Waals surface area contributed by atoms with Gasteiger partial charge in [-0.15, -0.1) is 0 Å². The Kier molecular flexibility index (Phi) is 3.48. The number of aromatic nitrogens is 1. The highest BCUT2D eigenvalue weighted by Crippen LogP contribution is 2.27. The van der Waals surface area contributed by atoms with Crippen LogP contribution in [-0.2, 0) is 14.8 Å². The van der Waals surface area contributed by atoms with Gasteiger partial charge in [0.2, 0.25) is 15.9 Å². The normalized spacial score (nSPS) is 11.2. The van der Waals surface area contributed by atoms with Gasteiger partial charge < -0.3 is 5.32 Å². The molecule has 0 fully saturated rings. The number of nitriles is 1. The third-order valence-corrected chi connectivity index (χ3v) is 4.04. The predicted molar refractivity (Wildman–Crippen MR) is 69.9 cm³/mol. The number of nitrogens with one attached hydrogen (secondary N) is 1. The highest BCUT2D eigenvalue weighted by molar-refractivity contribution is 7.89. The summed E-state index contributed by atoms with van der Waals surface area (Å²) in [5, 5.41) is 16.2. The van der Waals surface area contributed by atoms with Crippen molar-refractivity contribution < 1.29 is 13.2 Å². The molecule has 0 spiro atoms. The molecule has 9 heteroatoms. The first-order valence-corrected chi connectivity index (χ1v) is 7.36. The Morgan fingerprint density at radius 2 is 2.26 bits per heavy atom. The smallest absolute Gasteiger partial charge is 0.240 e. The third kappa shape index (κ3) is 3.05. The van der Waals surface area contributed by atoms with Crippen molar-refractivity contribution in [3.63, 3.8) is 0 Å². The molecule has 0 aliphatic carbocycles. The van der Waals surface area contributed by atoms with Crippen LogP contribution in [0.3, 0.4) is 0 Å². The minimum Gasteiger partial charge on any atom is -0.301 e. The molecule has 0 unspecified atom stereocenters. The standard InChI is InChI=1S/C10H8N4O3S2/c11-4-3-9(15)14-10-13-7-5-6(19(12,16)17)1-2-8(7)18-10/h1-2,5H,3H2,(H2,12,16,17)(H,13,14,15). The van der Waals surface area contributed by atoms with Crippen molar-refractivity contribution >= 4 is 42.6 Å². The molecule has 2 rings (SSSR count). The molecule has 0 saturated carbocycles. The van der Waals surface area contributed by atoms with E-state index in [-0.39, 0.29) is 11.3 Å². The molecule has 98 valence electrons. The van der Waals surface area contributed by atoms with Gasteiger partial charge in [-0.2, -0.15) is 5.26 Å². The number of nitrogens with two attached hydrogens (primary N) is 1. The number of carbonyl (C=O) groups is 1. The number of anilines is 1. The maximum Gasteiger partial charge on any atom is 0.240 e. The lowest BCUT2D eigenvalue weighted by Crippen LogP contribution is -2.11. The van der Waals surface area contributed by atoms with Crippen LogP contribution in [0.2, 0.25) is 0 Å². The largest absolute Gasteiger partial charge is 0.301 e. The van der Waals surface area contributed by atoms with Gasteiger partial charge >= 0.3 is 0 Å². The number of fused-ring (bicyclic) bond motifs is 1. The number of benzene rings is 1. The molecule has 1 aromatic heterocycles. The fraction of sp³-hybridized carbons (Fsp3) is 0.100. The first-order valence-electron chi connectivity index (χ1n) is 5.00. The highest BCUT2D eigenvalue weighted by Gasteiger charge is 2.12. The van der Waals surface area contributed by atoms with E-state index in [0.717, 1.165) is 0 Å².